The summed E-state index contributed by atoms with van der Waals surface area (Å²) >= 11 is 0. The highest BCUT2D eigenvalue weighted by Crippen LogP contribution is 2.30. The van der Waals surface area contributed by atoms with Gasteiger partial charge in [-0.05, 0) is 50.4 Å². The smallest absolute Gasteiger partial charge is 0.254 e. The molecule has 9 heteroatoms. The van der Waals surface area contributed by atoms with Crippen LogP contribution in [0.4, 0.5) is 0 Å². The number of fused-ring (bicyclic) bond motifs is 2. The molecule has 2 bridgehead atoms. The first-order valence-electron chi connectivity index (χ1n) is 9.06. The van der Waals surface area contributed by atoms with Crippen LogP contribution < -0.4 is 10.0 Å². The zero-order valence-corrected chi connectivity index (χ0v) is 17.4. The topological polar surface area (TPSA) is 87.7 Å². The van der Waals surface area contributed by atoms with Gasteiger partial charge in [0, 0.05) is 37.8 Å². The molecule has 2 aliphatic heterocycles. The van der Waals surface area contributed by atoms with E-state index in [2.05, 4.69) is 10.0 Å². The summed E-state index contributed by atoms with van der Waals surface area (Å²) in [6.07, 6.45) is 2.96. The van der Waals surface area contributed by atoms with Crippen molar-refractivity contribution in [2.24, 2.45) is 0 Å². The number of sulfonamides is 1. The Morgan fingerprint density at radius 3 is 2.78 bits per heavy atom. The van der Waals surface area contributed by atoms with Crippen molar-refractivity contribution in [2.75, 3.05) is 33.4 Å². The molecule has 2 heterocycles. The fraction of sp³-hybridized carbons (Fsp3) is 0.611. The number of nitrogens with one attached hydrogen (secondary N) is 2. The number of halogens is 1. The first-order chi connectivity index (χ1) is 12.4. The molecule has 0 saturated carbocycles. The van der Waals surface area contributed by atoms with Crippen molar-refractivity contribution in [3.8, 4) is 0 Å². The van der Waals surface area contributed by atoms with E-state index in [1.54, 1.807) is 12.1 Å². The molecule has 2 N–H and O–H groups in total. The van der Waals surface area contributed by atoms with Gasteiger partial charge in [0.1, 0.15) is 0 Å². The third-order valence-electron chi connectivity index (χ3n) is 5.24. The summed E-state index contributed by atoms with van der Waals surface area (Å²) in [5.41, 5.74) is 1.26. The van der Waals surface area contributed by atoms with Crippen LogP contribution in [0, 0.1) is 6.92 Å². The number of rotatable bonds is 6. The maximum Gasteiger partial charge on any atom is 0.254 e. The van der Waals surface area contributed by atoms with E-state index < -0.39 is 10.0 Å². The van der Waals surface area contributed by atoms with Crippen LogP contribution >= 0.6 is 12.4 Å². The highest BCUT2D eigenvalue weighted by atomic mass is 35.5. The third kappa shape index (κ3) is 4.81. The van der Waals surface area contributed by atoms with Crippen molar-refractivity contribution in [3.05, 3.63) is 29.3 Å². The van der Waals surface area contributed by atoms with Crippen molar-refractivity contribution in [1.29, 1.82) is 0 Å². The van der Waals surface area contributed by atoms with Gasteiger partial charge in [0.25, 0.3) is 5.91 Å². The van der Waals surface area contributed by atoms with E-state index in [0.29, 0.717) is 12.2 Å². The number of nitrogens with zero attached hydrogens (tertiary/aromatic N) is 1. The van der Waals surface area contributed by atoms with Crippen LogP contribution in [0.15, 0.2) is 23.1 Å². The minimum Gasteiger partial charge on any atom is -0.383 e. The van der Waals surface area contributed by atoms with E-state index in [0.717, 1.165) is 37.9 Å². The summed E-state index contributed by atoms with van der Waals surface area (Å²) in [6, 6.07) is 5.18. The second-order valence-corrected chi connectivity index (χ2v) is 8.72. The normalized spacial score (nSPS) is 22.2. The minimum absolute atomic E-state index is 0. The average molecular weight is 418 g/mol. The Balaban J connectivity index is 0.00000261. The lowest BCUT2D eigenvalue weighted by Crippen LogP contribution is -2.42. The minimum atomic E-state index is -3.67. The summed E-state index contributed by atoms with van der Waals surface area (Å²) in [4.78, 5) is 15.3. The van der Waals surface area contributed by atoms with Gasteiger partial charge in [0.2, 0.25) is 10.0 Å². The van der Waals surface area contributed by atoms with Gasteiger partial charge in [-0.2, -0.15) is 0 Å². The zero-order chi connectivity index (χ0) is 18.7. The van der Waals surface area contributed by atoms with E-state index in [9.17, 15) is 13.2 Å². The van der Waals surface area contributed by atoms with Gasteiger partial charge >= 0.3 is 0 Å². The second kappa shape index (κ2) is 9.34. The zero-order valence-electron chi connectivity index (χ0n) is 15.7. The number of aryl methyl sites for hydroxylation is 1. The lowest BCUT2D eigenvalue weighted by atomic mass is 10.1. The maximum atomic E-state index is 13.2. The molecule has 27 heavy (non-hydrogen) atoms. The quantitative estimate of drug-likeness (QED) is 0.681. The van der Waals surface area contributed by atoms with Crippen LogP contribution in [0.1, 0.15) is 35.2 Å². The molecule has 3 rings (SSSR count). The highest BCUT2D eigenvalue weighted by Gasteiger charge is 2.38. The summed E-state index contributed by atoms with van der Waals surface area (Å²) in [5, 5.41) is 3.38. The molecule has 0 spiro atoms. The third-order valence-corrected chi connectivity index (χ3v) is 6.70. The first kappa shape index (κ1) is 22.1. The van der Waals surface area contributed by atoms with Crippen molar-refractivity contribution in [2.45, 2.75) is 43.2 Å². The maximum absolute atomic E-state index is 13.2. The number of hydrogen-bond acceptors (Lipinski definition) is 5. The molecule has 7 nitrogen and oxygen atoms in total. The lowest BCUT2D eigenvalue weighted by Gasteiger charge is -2.28. The van der Waals surface area contributed by atoms with Gasteiger partial charge in [0.15, 0.2) is 0 Å². The molecule has 2 aliphatic rings. The largest absolute Gasteiger partial charge is 0.383 e. The molecule has 0 radical (unpaired) electrons. The van der Waals surface area contributed by atoms with Crippen LogP contribution in [0.25, 0.3) is 0 Å². The van der Waals surface area contributed by atoms with E-state index in [1.807, 2.05) is 11.8 Å². The standard InChI is InChI=1S/C18H27N3O4S.ClH/c1-13-3-6-16(26(23,24)20-9-10-25-2)11-17(13)18(22)21-14-4-5-15(21)12-19-8-7-14;/h3,6,11,14-15,19-20H,4-5,7-10,12H2,1-2H3;1H. The molecule has 1 aromatic rings. The molecule has 2 fully saturated rings. The number of carbonyl (C=O) groups is 1. The van der Waals surface area contributed by atoms with Crippen molar-refractivity contribution >= 4 is 28.3 Å². The molecule has 1 amide bonds. The Morgan fingerprint density at radius 1 is 1.30 bits per heavy atom. The Labute approximate surface area is 167 Å². The molecule has 2 saturated heterocycles. The van der Waals surface area contributed by atoms with Crippen LogP contribution in [-0.2, 0) is 14.8 Å². The van der Waals surface area contributed by atoms with E-state index >= 15 is 0 Å². The van der Waals surface area contributed by atoms with Crippen LogP contribution in [0.5, 0.6) is 0 Å². The van der Waals surface area contributed by atoms with Gasteiger partial charge in [-0.15, -0.1) is 12.4 Å². The molecule has 2 unspecified atom stereocenters. The molecule has 0 aromatic heterocycles. The van der Waals surface area contributed by atoms with Gasteiger partial charge in [-0.25, -0.2) is 13.1 Å². The number of methoxy groups -OCH3 is 1. The van der Waals surface area contributed by atoms with Gasteiger partial charge in [-0.3, -0.25) is 4.79 Å². The fourth-order valence-corrected chi connectivity index (χ4v) is 4.85. The van der Waals surface area contributed by atoms with Gasteiger partial charge in [-0.1, -0.05) is 6.07 Å². The Kier molecular flexibility index (Phi) is 7.64. The lowest BCUT2D eigenvalue weighted by molar-refractivity contribution is 0.0679. The molecule has 2 atom stereocenters. The van der Waals surface area contributed by atoms with E-state index in [1.165, 1.54) is 13.2 Å². The predicted molar refractivity (Wildman–Crippen MR) is 106 cm³/mol. The Morgan fingerprint density at radius 2 is 2.04 bits per heavy atom. The predicted octanol–water partition coefficient (Wildman–Crippen LogP) is 1.31. The van der Waals surface area contributed by atoms with Crippen LogP contribution in [0.3, 0.4) is 0 Å². The van der Waals surface area contributed by atoms with E-state index in [-0.39, 0.29) is 41.8 Å². The Bertz CT molecular complexity index is 758. The van der Waals surface area contributed by atoms with Crippen molar-refractivity contribution < 1.29 is 17.9 Å². The van der Waals surface area contributed by atoms with E-state index in [4.69, 9.17) is 4.74 Å². The van der Waals surface area contributed by atoms with Crippen molar-refractivity contribution in [1.82, 2.24) is 14.9 Å². The second-order valence-electron chi connectivity index (χ2n) is 6.96. The van der Waals surface area contributed by atoms with Gasteiger partial charge < -0.3 is 15.0 Å². The number of ether oxygens (including phenoxy) is 1. The summed E-state index contributed by atoms with van der Waals surface area (Å²) < 4.78 is 32.3. The monoisotopic (exact) mass is 417 g/mol. The van der Waals surface area contributed by atoms with Crippen LogP contribution in [-0.4, -0.2) is 64.7 Å². The number of hydrogen-bond donors (Lipinski definition) is 2. The molecule has 152 valence electrons. The number of carbonyl (C=O) groups excluding carboxylic acids is 1. The number of amides is 1. The summed E-state index contributed by atoms with van der Waals surface area (Å²) in [7, 11) is -2.15. The summed E-state index contributed by atoms with van der Waals surface area (Å²) in [6.45, 7) is 4.05. The average Bonchev–Trinajstić information content (AvgIpc) is 2.87. The number of benzene rings is 1. The highest BCUT2D eigenvalue weighted by molar-refractivity contribution is 7.89. The molecule has 1 aromatic carbocycles. The first-order valence-corrected chi connectivity index (χ1v) is 10.5. The van der Waals surface area contributed by atoms with Crippen LogP contribution in [0.2, 0.25) is 0 Å². The Hall–Kier alpha value is -1.19. The molecular formula is C18H28ClN3O4S. The van der Waals surface area contributed by atoms with Gasteiger partial charge in [0.05, 0.1) is 11.5 Å². The summed E-state index contributed by atoms with van der Waals surface area (Å²) in [5.74, 6) is -0.0624. The van der Waals surface area contributed by atoms with Crippen molar-refractivity contribution in [3.63, 3.8) is 0 Å². The molecular weight excluding hydrogens is 390 g/mol. The molecule has 0 aliphatic carbocycles. The SMILES string of the molecule is COCCNS(=O)(=O)c1ccc(C)c(C(=O)N2C3CCNCC2CC3)c1.Cl. The fourth-order valence-electron chi connectivity index (χ4n) is 3.81.